The Kier molecular flexibility index (Phi) is 5.22. The fraction of sp³-hybridized carbons (Fsp3) is 0.714. The molecule has 1 atom stereocenters. The number of unbranched alkanes of at least 4 members (excludes halogenated alkanes) is 1. The third-order valence-electron chi connectivity index (χ3n) is 3.54. The highest BCUT2D eigenvalue weighted by atomic mass is 16.4. The van der Waals surface area contributed by atoms with Gasteiger partial charge in [0.1, 0.15) is 6.04 Å². The molecule has 1 rings (SSSR count). The smallest absolute Gasteiger partial charge is 0.327 e. The van der Waals surface area contributed by atoms with Crippen LogP contribution in [-0.4, -0.2) is 41.1 Å². The van der Waals surface area contributed by atoms with E-state index in [-0.39, 0.29) is 6.03 Å². The largest absolute Gasteiger partial charge is 0.480 e. The van der Waals surface area contributed by atoms with Crippen LogP contribution in [0.2, 0.25) is 0 Å². The van der Waals surface area contributed by atoms with Gasteiger partial charge in [0.15, 0.2) is 0 Å². The van der Waals surface area contributed by atoms with Crippen LogP contribution in [-0.2, 0) is 4.79 Å². The van der Waals surface area contributed by atoms with Crippen LogP contribution in [0.3, 0.4) is 0 Å². The molecule has 19 heavy (non-hydrogen) atoms. The van der Waals surface area contributed by atoms with Crippen LogP contribution in [0.1, 0.15) is 39.5 Å². The first-order valence-corrected chi connectivity index (χ1v) is 6.61. The first kappa shape index (κ1) is 15.4. The lowest BCUT2D eigenvalue weighted by molar-refractivity contribution is -0.148. The van der Waals surface area contributed by atoms with Gasteiger partial charge in [-0.1, -0.05) is 13.8 Å². The number of aliphatic carboxylic acids is 1. The number of likely N-dealkylation sites (tertiary alicyclic amines) is 1. The number of rotatable bonds is 4. The molecular formula is C14H22N2O3. The molecule has 0 radical (unpaired) electrons. The van der Waals surface area contributed by atoms with E-state index in [1.807, 2.05) is 13.8 Å². The van der Waals surface area contributed by atoms with E-state index >= 15 is 0 Å². The van der Waals surface area contributed by atoms with Gasteiger partial charge in [-0.05, 0) is 24.7 Å². The Labute approximate surface area is 114 Å². The predicted octanol–water partition coefficient (Wildman–Crippen LogP) is 1.68. The number of carboxylic acids is 1. The molecule has 106 valence electrons. The van der Waals surface area contributed by atoms with Gasteiger partial charge in [-0.25, -0.2) is 9.59 Å². The van der Waals surface area contributed by atoms with Gasteiger partial charge in [0.2, 0.25) is 0 Å². The zero-order chi connectivity index (χ0) is 14.5. The van der Waals surface area contributed by atoms with Gasteiger partial charge in [-0.3, -0.25) is 0 Å². The molecule has 1 aliphatic rings. The van der Waals surface area contributed by atoms with E-state index in [9.17, 15) is 14.7 Å². The minimum atomic E-state index is -0.941. The fourth-order valence-corrected chi connectivity index (χ4v) is 2.57. The first-order valence-electron chi connectivity index (χ1n) is 6.61. The zero-order valence-corrected chi connectivity index (χ0v) is 11.6. The van der Waals surface area contributed by atoms with Gasteiger partial charge in [-0.2, -0.15) is 0 Å². The molecule has 2 amide bonds. The lowest BCUT2D eigenvalue weighted by Gasteiger charge is -2.43. The van der Waals surface area contributed by atoms with Crippen molar-refractivity contribution in [3.8, 4) is 12.3 Å². The van der Waals surface area contributed by atoms with Crippen molar-refractivity contribution in [3.63, 3.8) is 0 Å². The maximum atomic E-state index is 12.1. The van der Waals surface area contributed by atoms with Crippen LogP contribution < -0.4 is 5.32 Å². The molecule has 0 aromatic rings. The number of piperidine rings is 1. The van der Waals surface area contributed by atoms with Crippen molar-refractivity contribution in [2.45, 2.75) is 45.6 Å². The molecule has 0 aromatic carbocycles. The molecule has 0 bridgehead atoms. The van der Waals surface area contributed by atoms with Crippen LogP contribution in [0.15, 0.2) is 0 Å². The Balaban J connectivity index is 2.66. The molecule has 1 fully saturated rings. The number of urea groups is 1. The van der Waals surface area contributed by atoms with Gasteiger partial charge in [-0.15, -0.1) is 12.3 Å². The normalized spacial score (nSPS) is 21.5. The van der Waals surface area contributed by atoms with Crippen LogP contribution in [0.25, 0.3) is 0 Å². The number of hydrogen-bond donors (Lipinski definition) is 2. The van der Waals surface area contributed by atoms with E-state index in [1.165, 1.54) is 4.90 Å². The van der Waals surface area contributed by atoms with Crippen molar-refractivity contribution in [1.82, 2.24) is 10.2 Å². The van der Waals surface area contributed by atoms with Gasteiger partial charge in [0.25, 0.3) is 0 Å². The van der Waals surface area contributed by atoms with Gasteiger partial charge < -0.3 is 15.3 Å². The van der Waals surface area contributed by atoms with Crippen LogP contribution in [0.5, 0.6) is 0 Å². The lowest BCUT2D eigenvalue weighted by atomic mass is 9.76. The quantitative estimate of drug-likeness (QED) is 0.601. The average Bonchev–Trinajstić information content (AvgIpc) is 2.32. The molecule has 5 heteroatoms. The number of hydrogen-bond acceptors (Lipinski definition) is 2. The Morgan fingerprint density at radius 1 is 1.53 bits per heavy atom. The van der Waals surface area contributed by atoms with E-state index in [0.29, 0.717) is 25.9 Å². The Morgan fingerprint density at radius 2 is 2.21 bits per heavy atom. The Bertz CT molecular complexity index is 385. The van der Waals surface area contributed by atoms with Crippen LogP contribution >= 0.6 is 0 Å². The molecule has 5 nitrogen and oxygen atoms in total. The molecule has 0 aromatic heterocycles. The second-order valence-corrected chi connectivity index (χ2v) is 5.57. The van der Waals surface area contributed by atoms with Crippen molar-refractivity contribution in [2.24, 2.45) is 5.41 Å². The number of carbonyl (C=O) groups excluding carboxylic acids is 1. The molecule has 2 N–H and O–H groups in total. The maximum absolute atomic E-state index is 12.1. The standard InChI is InChI=1S/C14H22N2O3/c1-4-5-6-9-15-13(19)16-10-7-8-14(2,3)11(16)12(17)18/h1,11H,5-10H2,2-3H3,(H,15,19)(H,17,18). The monoisotopic (exact) mass is 266 g/mol. The summed E-state index contributed by atoms with van der Waals surface area (Å²) >= 11 is 0. The number of nitrogens with one attached hydrogen (secondary N) is 1. The summed E-state index contributed by atoms with van der Waals surface area (Å²) in [6.07, 6.45) is 8.08. The summed E-state index contributed by atoms with van der Waals surface area (Å²) in [7, 11) is 0. The minimum absolute atomic E-state index is 0.308. The predicted molar refractivity (Wildman–Crippen MR) is 72.6 cm³/mol. The van der Waals surface area contributed by atoms with E-state index in [1.54, 1.807) is 0 Å². The van der Waals surface area contributed by atoms with E-state index < -0.39 is 17.4 Å². The van der Waals surface area contributed by atoms with E-state index in [4.69, 9.17) is 6.42 Å². The Morgan fingerprint density at radius 3 is 2.79 bits per heavy atom. The van der Waals surface area contributed by atoms with Gasteiger partial charge >= 0.3 is 12.0 Å². The zero-order valence-electron chi connectivity index (χ0n) is 11.6. The van der Waals surface area contributed by atoms with Crippen LogP contribution in [0, 0.1) is 17.8 Å². The number of terminal acetylenes is 1. The number of carbonyl (C=O) groups is 2. The van der Waals surface area contributed by atoms with E-state index in [0.717, 1.165) is 12.8 Å². The minimum Gasteiger partial charge on any atom is -0.480 e. The lowest BCUT2D eigenvalue weighted by Crippen LogP contribution is -2.58. The van der Waals surface area contributed by atoms with E-state index in [2.05, 4.69) is 11.2 Å². The first-order chi connectivity index (χ1) is 8.90. The second kappa shape index (κ2) is 6.46. The summed E-state index contributed by atoms with van der Waals surface area (Å²) < 4.78 is 0. The van der Waals surface area contributed by atoms with Crippen molar-refractivity contribution in [2.75, 3.05) is 13.1 Å². The molecular weight excluding hydrogens is 244 g/mol. The maximum Gasteiger partial charge on any atom is 0.327 e. The topological polar surface area (TPSA) is 69.6 Å². The number of carboxylic acid groups (broad SMARTS) is 1. The molecule has 1 aliphatic heterocycles. The third-order valence-corrected chi connectivity index (χ3v) is 3.54. The summed E-state index contributed by atoms with van der Waals surface area (Å²) in [5.74, 6) is 1.56. The molecule has 0 aliphatic carbocycles. The molecule has 1 unspecified atom stereocenters. The molecule has 0 saturated carbocycles. The molecule has 0 spiro atoms. The summed E-state index contributed by atoms with van der Waals surface area (Å²) in [6, 6.07) is -1.08. The highest BCUT2D eigenvalue weighted by molar-refractivity contribution is 5.83. The second-order valence-electron chi connectivity index (χ2n) is 5.57. The Hall–Kier alpha value is -1.70. The van der Waals surface area contributed by atoms with Crippen molar-refractivity contribution in [1.29, 1.82) is 0 Å². The highest BCUT2D eigenvalue weighted by Crippen LogP contribution is 2.35. The SMILES string of the molecule is C#CCCCNC(=O)N1CCCC(C)(C)C1C(=O)O. The number of amides is 2. The molecule has 1 heterocycles. The highest BCUT2D eigenvalue weighted by Gasteiger charge is 2.44. The summed E-state index contributed by atoms with van der Waals surface area (Å²) in [5.41, 5.74) is -0.403. The van der Waals surface area contributed by atoms with Crippen molar-refractivity contribution < 1.29 is 14.7 Å². The average molecular weight is 266 g/mol. The summed E-state index contributed by atoms with van der Waals surface area (Å²) in [4.78, 5) is 24.9. The third kappa shape index (κ3) is 3.88. The van der Waals surface area contributed by atoms with Gasteiger partial charge in [0, 0.05) is 19.5 Å². The summed E-state index contributed by atoms with van der Waals surface area (Å²) in [5, 5.41) is 12.1. The summed E-state index contributed by atoms with van der Waals surface area (Å²) in [6.45, 7) is 4.75. The van der Waals surface area contributed by atoms with Crippen molar-refractivity contribution >= 4 is 12.0 Å². The van der Waals surface area contributed by atoms with Crippen LogP contribution in [0.4, 0.5) is 4.79 Å². The van der Waals surface area contributed by atoms with Crippen molar-refractivity contribution in [3.05, 3.63) is 0 Å². The fourth-order valence-electron chi connectivity index (χ4n) is 2.57. The molecule has 1 saturated heterocycles. The number of nitrogens with zero attached hydrogens (tertiary/aromatic N) is 1. The van der Waals surface area contributed by atoms with Gasteiger partial charge in [0.05, 0.1) is 0 Å².